The molecule has 1 heterocycles. The highest BCUT2D eigenvalue weighted by molar-refractivity contribution is 7.91. The number of nitrogens with one attached hydrogen (secondary N) is 1. The van der Waals surface area contributed by atoms with Gasteiger partial charge < -0.3 is 10.2 Å². The molecule has 0 aromatic heterocycles. The Bertz CT molecular complexity index is 422. The standard InChI is InChI=1S/C16H32N2O2S/c1-13(2)17-11-14-6-5-9-18(12-14)15-7-4-8-16(10-15)21(3,19)20/h13-17H,4-12H2,1-3H3. The Morgan fingerprint density at radius 2 is 1.95 bits per heavy atom. The van der Waals surface area contributed by atoms with Crippen LogP contribution in [-0.2, 0) is 9.84 Å². The van der Waals surface area contributed by atoms with Gasteiger partial charge in [0.2, 0.25) is 0 Å². The summed E-state index contributed by atoms with van der Waals surface area (Å²) in [6, 6.07) is 1.03. The van der Waals surface area contributed by atoms with Gasteiger partial charge in [0.1, 0.15) is 9.84 Å². The van der Waals surface area contributed by atoms with Crippen LogP contribution >= 0.6 is 0 Å². The topological polar surface area (TPSA) is 49.4 Å². The second kappa shape index (κ2) is 7.42. The predicted molar refractivity (Wildman–Crippen MR) is 88.3 cm³/mol. The van der Waals surface area contributed by atoms with Crippen molar-refractivity contribution in [2.45, 2.75) is 69.7 Å². The summed E-state index contributed by atoms with van der Waals surface area (Å²) in [6.07, 6.45) is 7.92. The number of hydrogen-bond donors (Lipinski definition) is 1. The Morgan fingerprint density at radius 1 is 1.19 bits per heavy atom. The van der Waals surface area contributed by atoms with Crippen molar-refractivity contribution in [3.8, 4) is 0 Å². The molecule has 124 valence electrons. The molecule has 2 rings (SSSR count). The molecule has 1 N–H and O–H groups in total. The molecule has 21 heavy (non-hydrogen) atoms. The second-order valence-electron chi connectivity index (χ2n) is 7.34. The maximum absolute atomic E-state index is 11.8. The molecule has 1 aliphatic carbocycles. The van der Waals surface area contributed by atoms with Gasteiger partial charge in [-0.15, -0.1) is 0 Å². The highest BCUT2D eigenvalue weighted by Gasteiger charge is 2.33. The lowest BCUT2D eigenvalue weighted by Gasteiger charge is -2.41. The number of nitrogens with zero attached hydrogens (tertiary/aromatic N) is 1. The minimum absolute atomic E-state index is 0.106. The summed E-state index contributed by atoms with van der Waals surface area (Å²) < 4.78 is 23.7. The van der Waals surface area contributed by atoms with E-state index in [1.807, 2.05) is 0 Å². The summed E-state index contributed by atoms with van der Waals surface area (Å²) in [4.78, 5) is 2.58. The zero-order chi connectivity index (χ0) is 15.5. The van der Waals surface area contributed by atoms with Gasteiger partial charge in [-0.1, -0.05) is 20.3 Å². The molecule has 0 spiro atoms. The predicted octanol–water partition coefficient (Wildman–Crippen LogP) is 2.05. The Balaban J connectivity index is 1.88. The van der Waals surface area contributed by atoms with Gasteiger partial charge in [0.25, 0.3) is 0 Å². The minimum Gasteiger partial charge on any atom is -0.314 e. The molecule has 0 amide bonds. The van der Waals surface area contributed by atoms with E-state index in [4.69, 9.17) is 0 Å². The van der Waals surface area contributed by atoms with E-state index in [0.29, 0.717) is 12.1 Å². The first-order valence-electron chi connectivity index (χ1n) is 8.52. The number of piperidine rings is 1. The van der Waals surface area contributed by atoms with E-state index in [1.165, 1.54) is 25.5 Å². The van der Waals surface area contributed by atoms with Gasteiger partial charge in [-0.3, -0.25) is 0 Å². The van der Waals surface area contributed by atoms with Crippen molar-refractivity contribution in [2.24, 2.45) is 5.92 Å². The van der Waals surface area contributed by atoms with Crippen LogP contribution in [0.3, 0.4) is 0 Å². The highest BCUT2D eigenvalue weighted by atomic mass is 32.2. The van der Waals surface area contributed by atoms with Gasteiger partial charge in [-0.05, 0) is 51.1 Å². The quantitative estimate of drug-likeness (QED) is 0.843. The van der Waals surface area contributed by atoms with Crippen LogP contribution in [0.2, 0.25) is 0 Å². The van der Waals surface area contributed by atoms with Gasteiger partial charge in [0, 0.05) is 24.9 Å². The lowest BCUT2D eigenvalue weighted by atomic mass is 9.90. The minimum atomic E-state index is -2.87. The van der Waals surface area contributed by atoms with E-state index in [1.54, 1.807) is 0 Å². The smallest absolute Gasteiger partial charge is 0.150 e. The summed E-state index contributed by atoms with van der Waals surface area (Å²) >= 11 is 0. The molecular formula is C16H32N2O2S. The maximum atomic E-state index is 11.8. The summed E-state index contributed by atoms with van der Waals surface area (Å²) in [5.74, 6) is 0.722. The first-order valence-corrected chi connectivity index (χ1v) is 10.5. The molecular weight excluding hydrogens is 284 g/mol. The monoisotopic (exact) mass is 316 g/mol. The molecule has 1 saturated carbocycles. The molecule has 4 nitrogen and oxygen atoms in total. The van der Waals surface area contributed by atoms with E-state index in [9.17, 15) is 8.42 Å². The zero-order valence-electron chi connectivity index (χ0n) is 13.8. The number of rotatable bonds is 5. The molecule has 2 aliphatic rings. The van der Waals surface area contributed by atoms with Crippen LogP contribution in [0.25, 0.3) is 0 Å². The van der Waals surface area contributed by atoms with E-state index >= 15 is 0 Å². The van der Waals surface area contributed by atoms with Gasteiger partial charge in [-0.2, -0.15) is 0 Å². The Morgan fingerprint density at radius 3 is 2.62 bits per heavy atom. The molecule has 1 aliphatic heterocycles. The third kappa shape index (κ3) is 5.22. The fourth-order valence-corrected chi connectivity index (χ4v) is 5.01. The van der Waals surface area contributed by atoms with Crippen molar-refractivity contribution in [1.29, 1.82) is 0 Å². The SMILES string of the molecule is CC(C)NCC1CCCN(C2CCCC(S(C)(=O)=O)C2)C1. The van der Waals surface area contributed by atoms with Crippen LogP contribution in [-0.4, -0.2) is 56.5 Å². The number of hydrogen-bond acceptors (Lipinski definition) is 4. The van der Waals surface area contributed by atoms with Crippen molar-refractivity contribution in [3.63, 3.8) is 0 Å². The van der Waals surface area contributed by atoms with Gasteiger partial charge in [-0.25, -0.2) is 8.42 Å². The third-order valence-corrected chi connectivity index (χ3v) is 6.72. The summed E-state index contributed by atoms with van der Waals surface area (Å²) in [5.41, 5.74) is 0. The fourth-order valence-electron chi connectivity index (χ4n) is 3.84. The molecule has 0 aromatic rings. The summed E-state index contributed by atoms with van der Waals surface area (Å²) in [5, 5.41) is 3.44. The molecule has 1 saturated heterocycles. The van der Waals surface area contributed by atoms with E-state index in [-0.39, 0.29) is 5.25 Å². The van der Waals surface area contributed by atoms with Crippen LogP contribution in [0.4, 0.5) is 0 Å². The van der Waals surface area contributed by atoms with Crippen molar-refractivity contribution in [3.05, 3.63) is 0 Å². The Kier molecular flexibility index (Phi) is 6.09. The van der Waals surface area contributed by atoms with E-state index in [2.05, 4.69) is 24.1 Å². The molecule has 0 bridgehead atoms. The second-order valence-corrected chi connectivity index (χ2v) is 9.66. The molecule has 2 fully saturated rings. The van der Waals surface area contributed by atoms with Gasteiger partial charge in [0.05, 0.1) is 5.25 Å². The Labute approximate surface area is 130 Å². The average Bonchev–Trinajstić information content (AvgIpc) is 2.45. The first kappa shape index (κ1) is 17.2. The Hall–Kier alpha value is -0.130. The third-order valence-electron chi connectivity index (χ3n) is 5.09. The lowest BCUT2D eigenvalue weighted by Crippen LogP contribution is -2.48. The van der Waals surface area contributed by atoms with Gasteiger partial charge >= 0.3 is 0 Å². The van der Waals surface area contributed by atoms with Crippen molar-refractivity contribution in [1.82, 2.24) is 10.2 Å². The molecule has 3 unspecified atom stereocenters. The lowest BCUT2D eigenvalue weighted by molar-refractivity contribution is 0.0981. The first-order chi connectivity index (χ1) is 9.86. The van der Waals surface area contributed by atoms with Crippen molar-refractivity contribution < 1.29 is 8.42 Å². The molecule has 3 atom stereocenters. The summed E-state index contributed by atoms with van der Waals surface area (Å²) in [6.45, 7) is 7.77. The zero-order valence-corrected chi connectivity index (χ0v) is 14.7. The van der Waals surface area contributed by atoms with Crippen molar-refractivity contribution in [2.75, 3.05) is 25.9 Å². The summed E-state index contributed by atoms with van der Waals surface area (Å²) in [7, 11) is -2.87. The number of sulfone groups is 1. The van der Waals surface area contributed by atoms with Crippen LogP contribution < -0.4 is 5.32 Å². The van der Waals surface area contributed by atoms with E-state index in [0.717, 1.165) is 44.8 Å². The number of likely N-dealkylation sites (tertiary alicyclic amines) is 1. The van der Waals surface area contributed by atoms with Gasteiger partial charge in [0.15, 0.2) is 0 Å². The maximum Gasteiger partial charge on any atom is 0.150 e. The largest absolute Gasteiger partial charge is 0.314 e. The molecule has 5 heteroatoms. The molecule has 0 aromatic carbocycles. The normalized spacial score (nSPS) is 32.5. The van der Waals surface area contributed by atoms with Crippen LogP contribution in [0, 0.1) is 5.92 Å². The van der Waals surface area contributed by atoms with Crippen molar-refractivity contribution >= 4 is 9.84 Å². The molecule has 0 radical (unpaired) electrons. The van der Waals surface area contributed by atoms with E-state index < -0.39 is 9.84 Å². The van der Waals surface area contributed by atoms with Crippen LogP contribution in [0.5, 0.6) is 0 Å². The highest BCUT2D eigenvalue weighted by Crippen LogP contribution is 2.30. The fraction of sp³-hybridized carbons (Fsp3) is 1.00. The van der Waals surface area contributed by atoms with Crippen LogP contribution in [0.1, 0.15) is 52.4 Å². The van der Waals surface area contributed by atoms with Crippen LogP contribution in [0.15, 0.2) is 0 Å². The average molecular weight is 317 g/mol.